The maximum absolute atomic E-state index is 10.4. The topological polar surface area (TPSA) is 77.8 Å². The van der Waals surface area contributed by atoms with E-state index in [1.165, 1.54) is 30.4 Å². The molecule has 0 bridgehead atoms. The van der Waals surface area contributed by atoms with Gasteiger partial charge >= 0.3 is 5.97 Å². The molecule has 0 aliphatic heterocycles. The van der Waals surface area contributed by atoms with Crippen LogP contribution >= 0.6 is 0 Å². The van der Waals surface area contributed by atoms with Gasteiger partial charge in [-0.1, -0.05) is 31.2 Å². The van der Waals surface area contributed by atoms with E-state index in [-0.39, 0.29) is 11.5 Å². The second kappa shape index (κ2) is 7.83. The van der Waals surface area contributed by atoms with Crippen LogP contribution in [0.4, 0.5) is 0 Å². The minimum absolute atomic E-state index is 0.0883. The molecule has 3 aliphatic rings. The predicted molar refractivity (Wildman–Crippen MR) is 112 cm³/mol. The van der Waals surface area contributed by atoms with Crippen molar-refractivity contribution in [3.63, 3.8) is 0 Å². The third-order valence-corrected chi connectivity index (χ3v) is 7.68. The molecule has 2 aromatic rings. The van der Waals surface area contributed by atoms with E-state index in [4.69, 9.17) is 5.11 Å². The number of aromatic carboxylic acids is 1. The molecule has 5 atom stereocenters. The molecule has 29 heavy (non-hydrogen) atoms. The van der Waals surface area contributed by atoms with E-state index in [0.29, 0.717) is 23.1 Å². The SMILES string of the molecule is C[C@]12CC[C@@H]3c4ccc(O)cc4CC[C@H]3[C@@H]1CC[C@@H]2O.O=C(O)c1ccccc1. The molecule has 0 spiro atoms. The Morgan fingerprint density at radius 3 is 2.48 bits per heavy atom. The van der Waals surface area contributed by atoms with Crippen LogP contribution in [-0.4, -0.2) is 27.4 Å². The van der Waals surface area contributed by atoms with Crippen molar-refractivity contribution in [1.82, 2.24) is 0 Å². The van der Waals surface area contributed by atoms with Crippen molar-refractivity contribution < 1.29 is 20.1 Å². The zero-order valence-electron chi connectivity index (χ0n) is 16.9. The summed E-state index contributed by atoms with van der Waals surface area (Å²) in [5, 5.41) is 28.4. The van der Waals surface area contributed by atoms with Gasteiger partial charge in [0.1, 0.15) is 5.75 Å². The number of hydrogen-bond donors (Lipinski definition) is 3. The molecule has 2 fully saturated rings. The molecule has 0 unspecified atom stereocenters. The summed E-state index contributed by atoms with van der Waals surface area (Å²) in [5.74, 6) is 1.61. The summed E-state index contributed by atoms with van der Waals surface area (Å²) in [7, 11) is 0. The van der Waals surface area contributed by atoms with E-state index in [0.717, 1.165) is 25.2 Å². The number of hydrogen-bond acceptors (Lipinski definition) is 3. The maximum atomic E-state index is 10.4. The number of phenols is 1. The van der Waals surface area contributed by atoms with Crippen LogP contribution in [-0.2, 0) is 6.42 Å². The van der Waals surface area contributed by atoms with Crippen molar-refractivity contribution in [3.8, 4) is 5.75 Å². The van der Waals surface area contributed by atoms with E-state index < -0.39 is 5.97 Å². The lowest BCUT2D eigenvalue weighted by Crippen LogP contribution is -2.43. The van der Waals surface area contributed by atoms with Crippen LogP contribution in [0.25, 0.3) is 0 Å². The average Bonchev–Trinajstić information content (AvgIpc) is 3.03. The van der Waals surface area contributed by atoms with E-state index in [2.05, 4.69) is 13.0 Å². The van der Waals surface area contributed by atoms with Crippen LogP contribution in [0.3, 0.4) is 0 Å². The molecular weight excluding hydrogens is 364 g/mol. The number of rotatable bonds is 1. The molecule has 0 radical (unpaired) electrons. The van der Waals surface area contributed by atoms with Gasteiger partial charge in [0, 0.05) is 0 Å². The van der Waals surface area contributed by atoms with Crippen molar-refractivity contribution in [3.05, 3.63) is 65.2 Å². The monoisotopic (exact) mass is 394 g/mol. The third-order valence-electron chi connectivity index (χ3n) is 7.68. The first-order valence-electron chi connectivity index (χ1n) is 10.7. The highest BCUT2D eigenvalue weighted by Crippen LogP contribution is 2.60. The van der Waals surface area contributed by atoms with Crippen molar-refractivity contribution in [2.45, 2.75) is 57.5 Å². The first kappa shape index (κ1) is 20.0. The fourth-order valence-corrected chi connectivity index (χ4v) is 6.12. The Morgan fingerprint density at radius 1 is 1.03 bits per heavy atom. The van der Waals surface area contributed by atoms with Crippen molar-refractivity contribution in [2.75, 3.05) is 0 Å². The summed E-state index contributed by atoms with van der Waals surface area (Å²) in [6.07, 6.45) is 6.78. The van der Waals surface area contributed by atoms with E-state index >= 15 is 0 Å². The Bertz CT molecular complexity index is 878. The van der Waals surface area contributed by atoms with Gasteiger partial charge in [0.2, 0.25) is 0 Å². The summed E-state index contributed by atoms with van der Waals surface area (Å²) in [6, 6.07) is 14.3. The molecular formula is C25H30O4. The number of phenolic OH excluding ortho intramolecular Hbond substituents is 1. The quantitative estimate of drug-likeness (QED) is 0.636. The van der Waals surface area contributed by atoms with Crippen molar-refractivity contribution >= 4 is 5.97 Å². The number of fused-ring (bicyclic) bond motifs is 5. The minimum Gasteiger partial charge on any atom is -0.508 e. The number of carbonyl (C=O) groups is 1. The minimum atomic E-state index is -0.879. The summed E-state index contributed by atoms with van der Waals surface area (Å²) >= 11 is 0. The van der Waals surface area contributed by atoms with Crippen LogP contribution in [0.5, 0.6) is 5.75 Å². The Hall–Kier alpha value is -2.33. The van der Waals surface area contributed by atoms with Crippen molar-refractivity contribution in [1.29, 1.82) is 0 Å². The Kier molecular flexibility index (Phi) is 5.39. The van der Waals surface area contributed by atoms with Gasteiger partial charge in [0.05, 0.1) is 11.7 Å². The number of carboxylic acid groups (broad SMARTS) is 1. The number of aliphatic hydroxyl groups is 1. The smallest absolute Gasteiger partial charge is 0.335 e. The Morgan fingerprint density at radius 2 is 1.79 bits per heavy atom. The Balaban J connectivity index is 0.000000192. The van der Waals surface area contributed by atoms with Gasteiger partial charge in [0.15, 0.2) is 0 Å². The van der Waals surface area contributed by atoms with Crippen LogP contribution in [0.15, 0.2) is 48.5 Å². The first-order valence-corrected chi connectivity index (χ1v) is 10.7. The van der Waals surface area contributed by atoms with E-state index in [1.807, 2.05) is 12.1 Å². The second-order valence-corrected chi connectivity index (χ2v) is 9.11. The average molecular weight is 395 g/mol. The number of aryl methyl sites for hydroxylation is 1. The largest absolute Gasteiger partial charge is 0.508 e. The second-order valence-electron chi connectivity index (χ2n) is 9.11. The molecule has 0 aromatic heterocycles. The van der Waals surface area contributed by atoms with Gasteiger partial charge in [-0.15, -0.1) is 0 Å². The maximum Gasteiger partial charge on any atom is 0.335 e. The number of aliphatic hydroxyl groups excluding tert-OH is 1. The summed E-state index contributed by atoms with van der Waals surface area (Å²) in [5.41, 5.74) is 3.32. The van der Waals surface area contributed by atoms with Gasteiger partial charge in [-0.2, -0.15) is 0 Å². The number of benzene rings is 2. The molecule has 2 saturated carbocycles. The summed E-state index contributed by atoms with van der Waals surface area (Å²) < 4.78 is 0. The van der Waals surface area contributed by atoms with E-state index in [9.17, 15) is 15.0 Å². The molecule has 3 N–H and O–H groups in total. The van der Waals surface area contributed by atoms with Crippen LogP contribution in [0.2, 0.25) is 0 Å². The standard InChI is InChI=1S/C18H24O2.C7H6O2/c1-18-9-8-14-13-5-3-12(19)10-11(13)2-4-15(14)16(18)6-7-17(18)20;8-7(9)6-4-2-1-3-5-6/h3,5,10,14-17,19-20H,2,4,6-9H2,1H3;1-5H,(H,8,9)/t14-,15-,16+,17+,18+;/m1./s1. The molecule has 3 aliphatic carbocycles. The highest BCUT2D eigenvalue weighted by molar-refractivity contribution is 5.87. The van der Waals surface area contributed by atoms with Gasteiger partial charge in [-0.25, -0.2) is 4.79 Å². The van der Waals surface area contributed by atoms with Crippen molar-refractivity contribution in [2.24, 2.45) is 17.3 Å². The molecule has 4 nitrogen and oxygen atoms in total. The Labute approximate surface area is 172 Å². The zero-order chi connectivity index (χ0) is 20.6. The highest BCUT2D eigenvalue weighted by atomic mass is 16.4. The molecule has 0 amide bonds. The molecule has 0 heterocycles. The third kappa shape index (κ3) is 3.66. The van der Waals surface area contributed by atoms with E-state index in [1.54, 1.807) is 30.3 Å². The first-order chi connectivity index (χ1) is 13.9. The summed E-state index contributed by atoms with van der Waals surface area (Å²) in [4.78, 5) is 10.2. The molecule has 4 heteroatoms. The normalized spacial score (nSPS) is 32.2. The molecule has 5 rings (SSSR count). The predicted octanol–water partition coefficient (Wildman–Crippen LogP) is 4.99. The van der Waals surface area contributed by atoms with Gasteiger partial charge in [-0.05, 0) is 97.1 Å². The number of carboxylic acids is 1. The van der Waals surface area contributed by atoms with Gasteiger partial charge in [0.25, 0.3) is 0 Å². The lowest BCUT2D eigenvalue weighted by atomic mass is 9.55. The van der Waals surface area contributed by atoms with Gasteiger partial charge in [-0.3, -0.25) is 0 Å². The van der Waals surface area contributed by atoms with Crippen LogP contribution in [0.1, 0.15) is 66.4 Å². The lowest BCUT2D eigenvalue weighted by molar-refractivity contribution is -0.0226. The number of aromatic hydroxyl groups is 1. The van der Waals surface area contributed by atoms with Crippen LogP contribution < -0.4 is 0 Å². The lowest BCUT2D eigenvalue weighted by Gasteiger charge is -2.50. The highest BCUT2D eigenvalue weighted by Gasteiger charge is 2.54. The zero-order valence-corrected chi connectivity index (χ0v) is 16.9. The van der Waals surface area contributed by atoms with Crippen LogP contribution in [0, 0.1) is 17.3 Å². The fourth-order valence-electron chi connectivity index (χ4n) is 6.12. The van der Waals surface area contributed by atoms with Gasteiger partial charge < -0.3 is 15.3 Å². The summed E-state index contributed by atoms with van der Waals surface area (Å²) in [6.45, 7) is 2.32. The molecule has 154 valence electrons. The fraction of sp³-hybridized carbons (Fsp3) is 0.480. The molecule has 2 aromatic carbocycles. The molecule has 0 saturated heterocycles.